The SMILES string of the molecule is Nc1c(CCc2cc3c(c(N)c2N)Cc2ccccc2-3)cc2c(c1N)Cc1ccccc1-2. The summed E-state index contributed by atoms with van der Waals surface area (Å²) in [5.74, 6) is 0. The van der Waals surface area contributed by atoms with Gasteiger partial charge in [0.25, 0.3) is 0 Å². The number of fused-ring (bicyclic) bond motifs is 6. The van der Waals surface area contributed by atoms with E-state index in [4.69, 9.17) is 22.9 Å². The molecule has 0 amide bonds. The summed E-state index contributed by atoms with van der Waals surface area (Å²) in [6.45, 7) is 0. The lowest BCUT2D eigenvalue weighted by atomic mass is 9.93. The van der Waals surface area contributed by atoms with Crippen LogP contribution < -0.4 is 22.9 Å². The van der Waals surface area contributed by atoms with Gasteiger partial charge in [0.2, 0.25) is 0 Å². The van der Waals surface area contributed by atoms with Gasteiger partial charge in [-0.05, 0) is 80.6 Å². The highest BCUT2D eigenvalue weighted by Gasteiger charge is 2.25. The maximum atomic E-state index is 6.50. The van der Waals surface area contributed by atoms with Crippen LogP contribution in [0.3, 0.4) is 0 Å². The first-order valence-corrected chi connectivity index (χ1v) is 11.1. The molecular formula is C28H26N4. The van der Waals surface area contributed by atoms with Gasteiger partial charge in [0, 0.05) is 12.8 Å². The van der Waals surface area contributed by atoms with Gasteiger partial charge in [-0.25, -0.2) is 0 Å². The summed E-state index contributed by atoms with van der Waals surface area (Å²) in [6.07, 6.45) is 3.20. The summed E-state index contributed by atoms with van der Waals surface area (Å²) >= 11 is 0. The molecule has 8 N–H and O–H groups in total. The molecule has 32 heavy (non-hydrogen) atoms. The molecule has 2 aliphatic rings. The van der Waals surface area contributed by atoms with Gasteiger partial charge in [-0.15, -0.1) is 0 Å². The Morgan fingerprint density at radius 3 is 1.34 bits per heavy atom. The van der Waals surface area contributed by atoms with E-state index in [0.29, 0.717) is 22.7 Å². The molecular weight excluding hydrogens is 392 g/mol. The van der Waals surface area contributed by atoms with E-state index < -0.39 is 0 Å². The molecule has 6 rings (SSSR count). The average Bonchev–Trinajstić information content (AvgIpc) is 3.37. The van der Waals surface area contributed by atoms with E-state index in [-0.39, 0.29) is 0 Å². The summed E-state index contributed by atoms with van der Waals surface area (Å²) in [6, 6.07) is 21.4. The maximum Gasteiger partial charge on any atom is 0.0592 e. The number of nitrogens with two attached hydrogens (primary N) is 4. The second-order valence-corrected chi connectivity index (χ2v) is 8.95. The third kappa shape index (κ3) is 2.62. The van der Waals surface area contributed by atoms with E-state index in [2.05, 4.69) is 60.7 Å². The minimum absolute atomic E-state index is 0.689. The van der Waals surface area contributed by atoms with Crippen molar-refractivity contribution in [3.05, 3.63) is 94.0 Å². The number of nitrogen functional groups attached to an aromatic ring is 4. The van der Waals surface area contributed by atoms with Gasteiger partial charge in [0.05, 0.1) is 22.7 Å². The van der Waals surface area contributed by atoms with Crippen LogP contribution in [0.4, 0.5) is 22.7 Å². The van der Waals surface area contributed by atoms with Gasteiger partial charge in [-0.1, -0.05) is 48.5 Å². The topological polar surface area (TPSA) is 104 Å². The normalized spacial score (nSPS) is 12.9. The lowest BCUT2D eigenvalue weighted by Gasteiger charge is -2.16. The van der Waals surface area contributed by atoms with Crippen LogP contribution in [0.2, 0.25) is 0 Å². The first-order valence-electron chi connectivity index (χ1n) is 11.1. The molecule has 0 unspecified atom stereocenters. The first-order chi connectivity index (χ1) is 15.5. The molecule has 158 valence electrons. The van der Waals surface area contributed by atoms with Crippen molar-refractivity contribution in [2.75, 3.05) is 22.9 Å². The molecule has 0 heterocycles. The van der Waals surface area contributed by atoms with Crippen molar-refractivity contribution in [1.29, 1.82) is 0 Å². The number of rotatable bonds is 3. The molecule has 2 aliphatic carbocycles. The molecule has 4 aromatic rings. The Balaban J connectivity index is 1.37. The monoisotopic (exact) mass is 418 g/mol. The Hall–Kier alpha value is -3.92. The van der Waals surface area contributed by atoms with E-state index in [0.717, 1.165) is 47.9 Å². The summed E-state index contributed by atoms with van der Waals surface area (Å²) < 4.78 is 0. The molecule has 0 fully saturated rings. The number of hydrogen-bond donors (Lipinski definition) is 4. The number of anilines is 4. The fourth-order valence-electron chi connectivity index (χ4n) is 5.44. The number of hydrogen-bond acceptors (Lipinski definition) is 4. The van der Waals surface area contributed by atoms with Crippen molar-refractivity contribution in [3.8, 4) is 22.3 Å². The quantitative estimate of drug-likeness (QED) is 0.305. The number of aryl methyl sites for hydroxylation is 2. The van der Waals surface area contributed by atoms with Gasteiger partial charge in [0.1, 0.15) is 0 Å². The minimum atomic E-state index is 0.689. The van der Waals surface area contributed by atoms with Crippen LogP contribution in [0.25, 0.3) is 22.3 Å². The lowest BCUT2D eigenvalue weighted by molar-refractivity contribution is 0.966. The predicted octanol–water partition coefficient (Wildman–Crippen LogP) is 4.94. The molecule has 0 aliphatic heterocycles. The van der Waals surface area contributed by atoms with Crippen molar-refractivity contribution in [2.24, 2.45) is 0 Å². The van der Waals surface area contributed by atoms with Crippen molar-refractivity contribution in [3.63, 3.8) is 0 Å². The van der Waals surface area contributed by atoms with Crippen LogP contribution in [0.1, 0.15) is 33.4 Å². The highest BCUT2D eigenvalue weighted by molar-refractivity contribution is 5.89. The van der Waals surface area contributed by atoms with Gasteiger partial charge in [-0.2, -0.15) is 0 Å². The van der Waals surface area contributed by atoms with E-state index in [1.165, 1.54) is 33.4 Å². The molecule has 0 saturated carbocycles. The molecule has 0 bridgehead atoms. The van der Waals surface area contributed by atoms with E-state index in [1.807, 2.05) is 0 Å². The molecule has 0 saturated heterocycles. The molecule has 0 aromatic heterocycles. The molecule has 4 nitrogen and oxygen atoms in total. The Morgan fingerprint density at radius 1 is 0.500 bits per heavy atom. The molecule has 0 atom stereocenters. The van der Waals surface area contributed by atoms with Gasteiger partial charge < -0.3 is 22.9 Å². The first kappa shape index (κ1) is 18.8. The Labute approximate surface area is 187 Å². The summed E-state index contributed by atoms with van der Waals surface area (Å²) in [4.78, 5) is 0. The fourth-order valence-corrected chi connectivity index (χ4v) is 5.44. The highest BCUT2D eigenvalue weighted by Crippen LogP contribution is 2.45. The average molecular weight is 419 g/mol. The van der Waals surface area contributed by atoms with Crippen LogP contribution in [0.15, 0.2) is 60.7 Å². The standard InChI is InChI=1S/C28H26N4/c29-25-17(13-21-19-7-3-1-5-15(19)11-23(21)27(25)31)9-10-18-14-22-20-8-4-2-6-16(20)12-24(22)28(32)26(18)30/h1-8,13-14H,9-12,29-32H2. The molecule has 0 radical (unpaired) electrons. The van der Waals surface area contributed by atoms with Crippen LogP contribution in [-0.4, -0.2) is 0 Å². The molecule has 4 heteroatoms. The van der Waals surface area contributed by atoms with E-state index in [9.17, 15) is 0 Å². The highest BCUT2D eigenvalue weighted by atomic mass is 14.7. The van der Waals surface area contributed by atoms with Crippen molar-refractivity contribution in [2.45, 2.75) is 25.7 Å². The zero-order chi connectivity index (χ0) is 22.0. The lowest BCUT2D eigenvalue weighted by Crippen LogP contribution is -2.07. The Kier molecular flexibility index (Phi) is 3.99. The maximum absolute atomic E-state index is 6.50. The van der Waals surface area contributed by atoms with Crippen LogP contribution in [0.5, 0.6) is 0 Å². The molecule has 0 spiro atoms. The Morgan fingerprint density at radius 2 is 0.906 bits per heavy atom. The van der Waals surface area contributed by atoms with Crippen LogP contribution >= 0.6 is 0 Å². The second-order valence-electron chi connectivity index (χ2n) is 8.95. The second kappa shape index (κ2) is 6.79. The van der Waals surface area contributed by atoms with Crippen molar-refractivity contribution < 1.29 is 0 Å². The summed E-state index contributed by atoms with van der Waals surface area (Å²) in [5.41, 5.74) is 40.7. The molecule has 4 aromatic carbocycles. The van der Waals surface area contributed by atoms with E-state index >= 15 is 0 Å². The summed E-state index contributed by atoms with van der Waals surface area (Å²) in [7, 11) is 0. The largest absolute Gasteiger partial charge is 0.397 e. The minimum Gasteiger partial charge on any atom is -0.397 e. The van der Waals surface area contributed by atoms with E-state index in [1.54, 1.807) is 0 Å². The van der Waals surface area contributed by atoms with Crippen molar-refractivity contribution in [1.82, 2.24) is 0 Å². The predicted molar refractivity (Wildman–Crippen MR) is 134 cm³/mol. The smallest absolute Gasteiger partial charge is 0.0592 e. The Bertz CT molecular complexity index is 1310. The zero-order valence-corrected chi connectivity index (χ0v) is 17.9. The van der Waals surface area contributed by atoms with Crippen LogP contribution in [0, 0.1) is 0 Å². The van der Waals surface area contributed by atoms with Gasteiger partial charge in [-0.3, -0.25) is 0 Å². The zero-order valence-electron chi connectivity index (χ0n) is 17.9. The van der Waals surface area contributed by atoms with Gasteiger partial charge >= 0.3 is 0 Å². The van der Waals surface area contributed by atoms with Crippen molar-refractivity contribution >= 4 is 22.7 Å². The van der Waals surface area contributed by atoms with Gasteiger partial charge in [0.15, 0.2) is 0 Å². The fraction of sp³-hybridized carbons (Fsp3) is 0.143. The number of benzene rings is 4. The van der Waals surface area contributed by atoms with Crippen LogP contribution in [-0.2, 0) is 25.7 Å². The third-order valence-corrected chi connectivity index (χ3v) is 7.22. The third-order valence-electron chi connectivity index (χ3n) is 7.22. The summed E-state index contributed by atoms with van der Waals surface area (Å²) in [5, 5.41) is 0.